The largest absolute Gasteiger partial charge is 0.462 e. The van der Waals surface area contributed by atoms with Crippen LogP contribution in [0, 0.1) is 6.92 Å². The number of hydrogen-bond donors (Lipinski definition) is 1. The van der Waals surface area contributed by atoms with Gasteiger partial charge in [-0.15, -0.1) is 11.3 Å². The molecular weight excluding hydrogens is 477 g/mol. The number of furan rings is 1. The summed E-state index contributed by atoms with van der Waals surface area (Å²) in [6, 6.07) is 8.12. The van der Waals surface area contributed by atoms with Gasteiger partial charge in [-0.05, 0) is 50.6 Å². The van der Waals surface area contributed by atoms with E-state index >= 15 is 0 Å². The van der Waals surface area contributed by atoms with Crippen LogP contribution in [0.2, 0.25) is 10.0 Å². The van der Waals surface area contributed by atoms with Crippen LogP contribution in [-0.4, -0.2) is 31.1 Å². The molecule has 1 amide bonds. The Labute approximate surface area is 198 Å². The van der Waals surface area contributed by atoms with E-state index in [9.17, 15) is 14.4 Å². The van der Waals surface area contributed by atoms with E-state index in [0.29, 0.717) is 26.9 Å². The topological polar surface area (TPSA) is 94.8 Å². The van der Waals surface area contributed by atoms with E-state index in [4.69, 9.17) is 37.1 Å². The Bertz CT molecular complexity index is 1180. The number of rotatable bonds is 7. The molecule has 168 valence electrons. The standard InChI is InChI=1S/C22H19Cl2NO6S/c1-4-29-21(27)16-11(3)18(22(28)30-5-2)32-20(16)25-19(26)15-10-9-14(31-15)12-7-6-8-13(23)17(12)24/h6-10H,4-5H2,1-3H3,(H,25,26). The number of carbonyl (C=O) groups is 3. The van der Waals surface area contributed by atoms with E-state index < -0.39 is 17.8 Å². The Morgan fingerprint density at radius 2 is 1.72 bits per heavy atom. The number of hydrogen-bond acceptors (Lipinski definition) is 7. The fourth-order valence-electron chi connectivity index (χ4n) is 2.91. The highest BCUT2D eigenvalue weighted by molar-refractivity contribution is 7.18. The number of esters is 2. The van der Waals surface area contributed by atoms with Crippen molar-refractivity contribution in [1.29, 1.82) is 0 Å². The second-order valence-electron chi connectivity index (χ2n) is 6.42. The fourth-order valence-corrected chi connectivity index (χ4v) is 4.38. The van der Waals surface area contributed by atoms with E-state index in [0.717, 1.165) is 11.3 Å². The zero-order valence-corrected chi connectivity index (χ0v) is 19.7. The van der Waals surface area contributed by atoms with Crippen molar-refractivity contribution in [3.63, 3.8) is 0 Å². The Kier molecular flexibility index (Phi) is 7.60. The molecule has 0 fully saturated rings. The van der Waals surface area contributed by atoms with Crippen LogP contribution in [0.1, 0.15) is 50.0 Å². The van der Waals surface area contributed by atoms with E-state index in [1.54, 1.807) is 45.0 Å². The van der Waals surface area contributed by atoms with Crippen LogP contribution in [0.25, 0.3) is 11.3 Å². The van der Waals surface area contributed by atoms with E-state index in [1.165, 1.54) is 6.07 Å². The molecule has 0 atom stereocenters. The molecule has 1 aromatic carbocycles. The summed E-state index contributed by atoms with van der Waals surface area (Å²) in [6.07, 6.45) is 0. The SMILES string of the molecule is CCOC(=O)c1sc(NC(=O)c2ccc(-c3cccc(Cl)c3Cl)o2)c(C(=O)OCC)c1C. The quantitative estimate of drug-likeness (QED) is 0.390. The molecular formula is C22H19Cl2NO6S. The molecule has 0 spiro atoms. The molecule has 0 saturated heterocycles. The minimum Gasteiger partial charge on any atom is -0.462 e. The molecule has 7 nitrogen and oxygen atoms in total. The number of halogens is 2. The van der Waals surface area contributed by atoms with Gasteiger partial charge in [0.2, 0.25) is 0 Å². The Balaban J connectivity index is 1.93. The van der Waals surface area contributed by atoms with E-state index in [2.05, 4.69) is 5.32 Å². The van der Waals surface area contributed by atoms with Crippen LogP contribution >= 0.6 is 34.5 Å². The maximum atomic E-state index is 12.8. The highest BCUT2D eigenvalue weighted by Crippen LogP contribution is 2.36. The van der Waals surface area contributed by atoms with Crippen LogP contribution in [0.5, 0.6) is 0 Å². The summed E-state index contributed by atoms with van der Waals surface area (Å²) in [5, 5.41) is 3.45. The number of nitrogens with one attached hydrogen (secondary N) is 1. The second-order valence-corrected chi connectivity index (χ2v) is 8.23. The molecule has 0 unspecified atom stereocenters. The molecule has 0 radical (unpaired) electrons. The third kappa shape index (κ3) is 4.82. The van der Waals surface area contributed by atoms with Gasteiger partial charge < -0.3 is 19.2 Å². The predicted molar refractivity (Wildman–Crippen MR) is 123 cm³/mol. The van der Waals surface area contributed by atoms with Gasteiger partial charge in [0.1, 0.15) is 15.6 Å². The maximum Gasteiger partial charge on any atom is 0.348 e. The van der Waals surface area contributed by atoms with Crippen molar-refractivity contribution in [2.24, 2.45) is 0 Å². The average molecular weight is 496 g/mol. The summed E-state index contributed by atoms with van der Waals surface area (Å²) in [6.45, 7) is 5.24. The first-order valence-corrected chi connectivity index (χ1v) is 11.2. The number of anilines is 1. The van der Waals surface area contributed by atoms with Crippen LogP contribution in [0.4, 0.5) is 5.00 Å². The highest BCUT2D eigenvalue weighted by atomic mass is 35.5. The Hall–Kier alpha value is -2.81. The number of amides is 1. The first-order valence-electron chi connectivity index (χ1n) is 9.61. The predicted octanol–water partition coefficient (Wildman–Crippen LogP) is 6.23. The van der Waals surface area contributed by atoms with Gasteiger partial charge in [0.15, 0.2) is 5.76 Å². The van der Waals surface area contributed by atoms with Crippen molar-refractivity contribution in [3.05, 3.63) is 62.1 Å². The monoisotopic (exact) mass is 495 g/mol. The van der Waals surface area contributed by atoms with Crippen LogP contribution < -0.4 is 5.32 Å². The normalized spacial score (nSPS) is 10.7. The number of thiophene rings is 1. The minimum absolute atomic E-state index is 0.0189. The van der Waals surface area contributed by atoms with Gasteiger partial charge in [0.05, 0.1) is 28.8 Å². The van der Waals surface area contributed by atoms with Crippen molar-refractivity contribution >= 4 is 57.4 Å². The number of carbonyl (C=O) groups excluding carboxylic acids is 3. The molecule has 32 heavy (non-hydrogen) atoms. The minimum atomic E-state index is -0.655. The van der Waals surface area contributed by atoms with Crippen LogP contribution in [-0.2, 0) is 9.47 Å². The van der Waals surface area contributed by atoms with Crippen molar-refractivity contribution in [3.8, 4) is 11.3 Å². The van der Waals surface area contributed by atoms with Gasteiger partial charge in [-0.25, -0.2) is 9.59 Å². The van der Waals surface area contributed by atoms with Gasteiger partial charge >= 0.3 is 11.9 Å². The zero-order valence-electron chi connectivity index (χ0n) is 17.4. The fraction of sp³-hybridized carbons (Fsp3) is 0.227. The van der Waals surface area contributed by atoms with Crippen molar-refractivity contribution in [2.75, 3.05) is 18.5 Å². The molecule has 0 saturated carbocycles. The third-order valence-corrected chi connectivity index (χ3v) is 6.37. The first-order chi connectivity index (χ1) is 15.3. The molecule has 3 rings (SSSR count). The van der Waals surface area contributed by atoms with E-state index in [-0.39, 0.29) is 34.4 Å². The van der Waals surface area contributed by atoms with Gasteiger partial charge in [-0.1, -0.05) is 29.3 Å². The molecule has 0 bridgehead atoms. The summed E-state index contributed by atoms with van der Waals surface area (Å²) in [5.41, 5.74) is 0.993. The summed E-state index contributed by atoms with van der Waals surface area (Å²) < 4.78 is 15.8. The average Bonchev–Trinajstić information content (AvgIpc) is 3.35. The summed E-state index contributed by atoms with van der Waals surface area (Å²) in [7, 11) is 0. The van der Waals surface area contributed by atoms with Gasteiger partial charge in [0, 0.05) is 5.56 Å². The van der Waals surface area contributed by atoms with Gasteiger partial charge in [0.25, 0.3) is 5.91 Å². The molecule has 2 heterocycles. The number of ether oxygens (including phenoxy) is 2. The summed E-state index contributed by atoms with van der Waals surface area (Å²) >= 11 is 13.2. The Morgan fingerprint density at radius 1 is 1.03 bits per heavy atom. The Morgan fingerprint density at radius 3 is 2.41 bits per heavy atom. The van der Waals surface area contributed by atoms with Crippen molar-refractivity contribution < 1.29 is 28.3 Å². The summed E-state index contributed by atoms with van der Waals surface area (Å²) in [4.78, 5) is 37.8. The number of benzene rings is 1. The molecule has 1 N–H and O–H groups in total. The molecule has 10 heteroatoms. The molecule has 2 aromatic heterocycles. The maximum absolute atomic E-state index is 12.8. The molecule has 0 aliphatic heterocycles. The van der Waals surface area contributed by atoms with Gasteiger partial charge in [-0.2, -0.15) is 0 Å². The first kappa shape index (κ1) is 23.8. The van der Waals surface area contributed by atoms with Crippen molar-refractivity contribution in [2.45, 2.75) is 20.8 Å². The summed E-state index contributed by atoms with van der Waals surface area (Å²) in [5.74, 6) is -1.52. The molecule has 3 aromatic rings. The molecule has 0 aliphatic carbocycles. The highest BCUT2D eigenvalue weighted by Gasteiger charge is 2.28. The third-order valence-electron chi connectivity index (χ3n) is 4.36. The van der Waals surface area contributed by atoms with E-state index in [1.807, 2.05) is 0 Å². The van der Waals surface area contributed by atoms with Crippen LogP contribution in [0.3, 0.4) is 0 Å². The second kappa shape index (κ2) is 10.2. The lowest BCUT2D eigenvalue weighted by Crippen LogP contribution is -2.14. The lowest BCUT2D eigenvalue weighted by atomic mass is 10.1. The molecule has 0 aliphatic rings. The lowest BCUT2D eigenvalue weighted by Gasteiger charge is -2.06. The van der Waals surface area contributed by atoms with Crippen molar-refractivity contribution in [1.82, 2.24) is 0 Å². The lowest BCUT2D eigenvalue weighted by molar-refractivity contribution is 0.0527. The smallest absolute Gasteiger partial charge is 0.348 e. The zero-order chi connectivity index (χ0) is 23.4. The van der Waals surface area contributed by atoms with Gasteiger partial charge in [-0.3, -0.25) is 4.79 Å². The van der Waals surface area contributed by atoms with Crippen LogP contribution in [0.15, 0.2) is 34.7 Å².